The van der Waals surface area contributed by atoms with E-state index in [2.05, 4.69) is 18.8 Å². The van der Waals surface area contributed by atoms with Gasteiger partial charge in [0.25, 0.3) is 0 Å². The van der Waals surface area contributed by atoms with Crippen LogP contribution in [0.3, 0.4) is 0 Å². The monoisotopic (exact) mass is 249 g/mol. The number of ether oxygens (including phenoxy) is 1. The van der Waals surface area contributed by atoms with E-state index in [4.69, 9.17) is 4.74 Å². The van der Waals surface area contributed by atoms with E-state index < -0.39 is 0 Å². The summed E-state index contributed by atoms with van der Waals surface area (Å²) in [5.74, 6) is 0.444. The van der Waals surface area contributed by atoms with Crippen molar-refractivity contribution in [2.75, 3.05) is 0 Å². The molecule has 1 saturated heterocycles. The van der Waals surface area contributed by atoms with Crippen molar-refractivity contribution in [2.24, 2.45) is 11.8 Å². The minimum absolute atomic E-state index is 0.00538. The first-order valence-electron chi connectivity index (χ1n) is 6.70. The Morgan fingerprint density at radius 3 is 2.06 bits per heavy atom. The summed E-state index contributed by atoms with van der Waals surface area (Å²) in [6, 6.07) is 0. The van der Waals surface area contributed by atoms with Gasteiger partial charge in [0, 0.05) is 5.69 Å². The van der Waals surface area contributed by atoms with Gasteiger partial charge in [0.05, 0.1) is 23.8 Å². The first-order chi connectivity index (χ1) is 8.34. The van der Waals surface area contributed by atoms with E-state index in [1.807, 2.05) is 27.7 Å². The van der Waals surface area contributed by atoms with Gasteiger partial charge in [-0.3, -0.25) is 4.79 Å². The van der Waals surface area contributed by atoms with E-state index in [-0.39, 0.29) is 29.8 Å². The zero-order valence-electron chi connectivity index (χ0n) is 12.1. The minimum Gasteiger partial charge on any atom is -0.374 e. The first kappa shape index (κ1) is 13.3. The standard InChI is InChI=1S/C15H23NO2/c1-7-8(2)14(16-10(7)4)15(17)13-9(3)11(5)18-12(13)6/h9,11-13,16H,1-6H3. The van der Waals surface area contributed by atoms with Crippen LogP contribution in [0.1, 0.15) is 48.1 Å². The van der Waals surface area contributed by atoms with Crippen molar-refractivity contribution in [3.8, 4) is 0 Å². The number of nitrogens with one attached hydrogen (secondary N) is 1. The van der Waals surface area contributed by atoms with Crippen LogP contribution >= 0.6 is 0 Å². The number of aromatic amines is 1. The van der Waals surface area contributed by atoms with Gasteiger partial charge in [0.2, 0.25) is 0 Å². The molecule has 1 aliphatic rings. The molecule has 2 heterocycles. The Balaban J connectivity index is 2.34. The molecule has 0 spiro atoms. The van der Waals surface area contributed by atoms with Gasteiger partial charge in [-0.2, -0.15) is 0 Å². The minimum atomic E-state index is -0.0313. The van der Waals surface area contributed by atoms with Gasteiger partial charge in [0.15, 0.2) is 5.78 Å². The number of rotatable bonds is 2. The SMILES string of the molecule is Cc1[nH]c(C(=O)C2C(C)OC(C)C2C)c(C)c1C. The predicted octanol–water partition coefficient (Wildman–Crippen LogP) is 3.18. The van der Waals surface area contributed by atoms with E-state index in [1.54, 1.807) is 0 Å². The molecule has 1 fully saturated rings. The highest BCUT2D eigenvalue weighted by molar-refractivity contribution is 5.98. The Morgan fingerprint density at radius 1 is 1.06 bits per heavy atom. The van der Waals surface area contributed by atoms with Crippen LogP contribution < -0.4 is 0 Å². The van der Waals surface area contributed by atoms with Crippen LogP contribution in [0.25, 0.3) is 0 Å². The molecule has 0 bridgehead atoms. The highest BCUT2D eigenvalue weighted by Gasteiger charge is 2.42. The molecule has 100 valence electrons. The number of carbonyl (C=O) groups excluding carboxylic acids is 1. The molecule has 1 N–H and O–H groups in total. The smallest absolute Gasteiger partial charge is 0.185 e. The van der Waals surface area contributed by atoms with E-state index in [9.17, 15) is 4.79 Å². The Hall–Kier alpha value is -1.09. The summed E-state index contributed by atoms with van der Waals surface area (Å²) in [6.45, 7) is 12.2. The molecule has 1 aliphatic heterocycles. The van der Waals surface area contributed by atoms with Crippen molar-refractivity contribution in [3.63, 3.8) is 0 Å². The van der Waals surface area contributed by atoms with Crippen LogP contribution in [-0.2, 0) is 4.74 Å². The summed E-state index contributed by atoms with van der Waals surface area (Å²) >= 11 is 0. The van der Waals surface area contributed by atoms with E-state index in [0.29, 0.717) is 0 Å². The molecule has 0 aromatic carbocycles. The number of Topliss-reactive ketones (excluding diaryl/α,β-unsaturated/α-hetero) is 1. The van der Waals surface area contributed by atoms with E-state index >= 15 is 0 Å². The molecule has 0 aliphatic carbocycles. The second kappa shape index (κ2) is 4.54. The van der Waals surface area contributed by atoms with Crippen LogP contribution in [0.4, 0.5) is 0 Å². The number of aromatic nitrogens is 1. The molecule has 3 nitrogen and oxygen atoms in total. The lowest BCUT2D eigenvalue weighted by molar-refractivity contribution is 0.0490. The van der Waals surface area contributed by atoms with Crippen LogP contribution in [0.15, 0.2) is 0 Å². The number of ketones is 1. The molecule has 2 rings (SSSR count). The van der Waals surface area contributed by atoms with Crippen molar-refractivity contribution >= 4 is 5.78 Å². The summed E-state index contributed by atoms with van der Waals surface area (Å²) < 4.78 is 5.77. The molecular weight excluding hydrogens is 226 g/mol. The van der Waals surface area contributed by atoms with Gasteiger partial charge in [-0.05, 0) is 51.7 Å². The maximum absolute atomic E-state index is 12.7. The van der Waals surface area contributed by atoms with Crippen LogP contribution in [0, 0.1) is 32.6 Å². The number of hydrogen-bond donors (Lipinski definition) is 1. The van der Waals surface area contributed by atoms with Crippen molar-refractivity contribution in [1.82, 2.24) is 4.98 Å². The lowest BCUT2D eigenvalue weighted by Gasteiger charge is -2.16. The van der Waals surface area contributed by atoms with E-state index in [0.717, 1.165) is 17.0 Å². The number of H-pyrrole nitrogens is 1. The molecule has 0 saturated carbocycles. The first-order valence-corrected chi connectivity index (χ1v) is 6.70. The summed E-state index contributed by atoms with van der Waals surface area (Å²) in [5.41, 5.74) is 4.12. The zero-order valence-corrected chi connectivity index (χ0v) is 12.1. The Kier molecular flexibility index (Phi) is 3.37. The van der Waals surface area contributed by atoms with Crippen LogP contribution in [0.2, 0.25) is 0 Å². The fourth-order valence-electron chi connectivity index (χ4n) is 2.98. The van der Waals surface area contributed by atoms with Crippen molar-refractivity contribution in [1.29, 1.82) is 0 Å². The molecule has 4 atom stereocenters. The summed E-state index contributed by atoms with van der Waals surface area (Å²) in [6.07, 6.45) is 0.164. The lowest BCUT2D eigenvalue weighted by Crippen LogP contribution is -2.27. The third-order valence-corrected chi connectivity index (χ3v) is 4.60. The molecule has 4 unspecified atom stereocenters. The Bertz CT molecular complexity index is 475. The van der Waals surface area contributed by atoms with Crippen molar-refractivity contribution in [2.45, 2.75) is 53.8 Å². The van der Waals surface area contributed by atoms with Crippen molar-refractivity contribution < 1.29 is 9.53 Å². The quantitative estimate of drug-likeness (QED) is 0.818. The third kappa shape index (κ3) is 1.91. The average molecular weight is 249 g/mol. The second-order valence-corrected chi connectivity index (χ2v) is 5.67. The predicted molar refractivity (Wildman–Crippen MR) is 72.0 cm³/mol. The summed E-state index contributed by atoms with van der Waals surface area (Å²) in [7, 11) is 0. The maximum atomic E-state index is 12.7. The Morgan fingerprint density at radius 2 is 1.67 bits per heavy atom. The zero-order chi connectivity index (χ0) is 13.6. The topological polar surface area (TPSA) is 42.1 Å². The van der Waals surface area contributed by atoms with E-state index in [1.165, 1.54) is 5.56 Å². The fraction of sp³-hybridized carbons (Fsp3) is 0.667. The highest BCUT2D eigenvalue weighted by Crippen LogP contribution is 2.35. The fourth-order valence-corrected chi connectivity index (χ4v) is 2.98. The van der Waals surface area contributed by atoms with Gasteiger partial charge in [-0.1, -0.05) is 6.92 Å². The average Bonchev–Trinajstić information content (AvgIpc) is 2.70. The molecule has 3 heteroatoms. The second-order valence-electron chi connectivity index (χ2n) is 5.67. The number of aryl methyl sites for hydroxylation is 1. The van der Waals surface area contributed by atoms with Gasteiger partial charge in [-0.15, -0.1) is 0 Å². The molecule has 0 radical (unpaired) electrons. The van der Waals surface area contributed by atoms with Crippen molar-refractivity contribution in [3.05, 3.63) is 22.5 Å². The number of hydrogen-bond acceptors (Lipinski definition) is 2. The molecular formula is C15H23NO2. The Labute approximate surface area is 109 Å². The van der Waals surface area contributed by atoms with Crippen LogP contribution in [0.5, 0.6) is 0 Å². The number of carbonyl (C=O) groups is 1. The molecule has 1 aromatic heterocycles. The summed E-state index contributed by atoms with van der Waals surface area (Å²) in [4.78, 5) is 15.9. The van der Waals surface area contributed by atoms with Gasteiger partial charge < -0.3 is 9.72 Å². The molecule has 1 aromatic rings. The largest absolute Gasteiger partial charge is 0.374 e. The van der Waals surface area contributed by atoms with Gasteiger partial charge >= 0.3 is 0 Å². The third-order valence-electron chi connectivity index (χ3n) is 4.60. The lowest BCUT2D eigenvalue weighted by atomic mass is 9.84. The van der Waals surface area contributed by atoms with Gasteiger partial charge in [0.1, 0.15) is 0 Å². The normalized spacial score (nSPS) is 31.9. The van der Waals surface area contributed by atoms with Gasteiger partial charge in [-0.25, -0.2) is 0 Å². The molecule has 18 heavy (non-hydrogen) atoms. The molecule has 0 amide bonds. The maximum Gasteiger partial charge on any atom is 0.185 e. The summed E-state index contributed by atoms with van der Waals surface area (Å²) in [5, 5.41) is 0. The highest BCUT2D eigenvalue weighted by atomic mass is 16.5. The van der Waals surface area contributed by atoms with Crippen LogP contribution in [-0.4, -0.2) is 23.0 Å².